The normalized spacial score (nSPS) is 16.3. The van der Waals surface area contributed by atoms with Crippen LogP contribution < -0.4 is 10.5 Å². The minimum Gasteiger partial charge on any atom is -0.469 e. The van der Waals surface area contributed by atoms with Gasteiger partial charge >= 0.3 is 7.82 Å². The number of hydrogen-bond acceptors (Lipinski definition) is 9. The van der Waals surface area contributed by atoms with Gasteiger partial charge in [0.25, 0.3) is 0 Å². The summed E-state index contributed by atoms with van der Waals surface area (Å²) < 4.78 is 31.7. The van der Waals surface area contributed by atoms with Crippen LogP contribution >= 0.6 is 7.82 Å². The SMILES string of the molecule is NC1C(c2cc(Cc3ccc(OCc4ccco4)nc3)no2)=CC=CN1COP(=O)(O)O. The number of ether oxygens (including phenoxy) is 1. The molecule has 0 radical (unpaired) electrons. The molecule has 1 aliphatic rings. The Morgan fingerprint density at radius 3 is 2.88 bits per heavy atom. The molecule has 0 saturated heterocycles. The molecule has 1 atom stereocenters. The number of phosphoric ester groups is 1. The monoisotopic (exact) mass is 460 g/mol. The molecule has 4 N–H and O–H groups in total. The third kappa shape index (κ3) is 5.72. The van der Waals surface area contributed by atoms with Crippen LogP contribution in [0.15, 0.2) is 70.1 Å². The number of nitrogens with zero attached hydrogens (tertiary/aromatic N) is 3. The van der Waals surface area contributed by atoms with E-state index in [9.17, 15) is 4.57 Å². The minimum absolute atomic E-state index is 0.298. The Hall–Kier alpha value is -3.21. The van der Waals surface area contributed by atoms with Crippen LogP contribution in [0.5, 0.6) is 5.88 Å². The van der Waals surface area contributed by atoms with Crippen LogP contribution in [0.25, 0.3) is 5.57 Å². The maximum absolute atomic E-state index is 10.9. The topological polar surface area (TPSA) is 157 Å². The first-order valence-electron chi connectivity index (χ1n) is 9.53. The van der Waals surface area contributed by atoms with Crippen molar-refractivity contribution in [1.82, 2.24) is 15.0 Å². The highest BCUT2D eigenvalue weighted by Crippen LogP contribution is 2.36. The first kappa shape index (κ1) is 22.0. The van der Waals surface area contributed by atoms with E-state index in [1.165, 1.54) is 4.90 Å². The molecule has 12 heteroatoms. The molecule has 0 aliphatic carbocycles. The number of rotatable bonds is 9. The van der Waals surface area contributed by atoms with Crippen molar-refractivity contribution in [2.75, 3.05) is 6.73 Å². The van der Waals surface area contributed by atoms with Crippen LogP contribution in [-0.2, 0) is 22.1 Å². The Morgan fingerprint density at radius 2 is 2.16 bits per heavy atom. The van der Waals surface area contributed by atoms with Crippen LogP contribution in [0.3, 0.4) is 0 Å². The van der Waals surface area contributed by atoms with Gasteiger partial charge in [-0.2, -0.15) is 0 Å². The molecule has 0 spiro atoms. The van der Waals surface area contributed by atoms with Gasteiger partial charge in [-0.15, -0.1) is 0 Å². The second kappa shape index (κ2) is 9.51. The lowest BCUT2D eigenvalue weighted by Gasteiger charge is -2.30. The zero-order chi connectivity index (χ0) is 22.6. The molecule has 0 bridgehead atoms. The molecular weight excluding hydrogens is 439 g/mol. The smallest absolute Gasteiger partial charge is 0.469 e. The van der Waals surface area contributed by atoms with Gasteiger partial charge in [0.1, 0.15) is 25.3 Å². The number of furan rings is 1. The number of allylic oxidation sites excluding steroid dienone is 2. The van der Waals surface area contributed by atoms with Gasteiger partial charge in [-0.1, -0.05) is 17.3 Å². The van der Waals surface area contributed by atoms with Gasteiger partial charge in [-0.25, -0.2) is 9.55 Å². The average molecular weight is 460 g/mol. The Morgan fingerprint density at radius 1 is 1.28 bits per heavy atom. The first-order valence-corrected chi connectivity index (χ1v) is 11.1. The maximum atomic E-state index is 10.9. The second-order valence-corrected chi connectivity index (χ2v) is 8.14. The number of aromatic nitrogens is 2. The third-order valence-electron chi connectivity index (χ3n) is 4.57. The lowest BCUT2D eigenvalue weighted by atomic mass is 10.1. The fourth-order valence-corrected chi connectivity index (χ4v) is 3.29. The van der Waals surface area contributed by atoms with Crippen molar-refractivity contribution in [1.29, 1.82) is 0 Å². The van der Waals surface area contributed by atoms with E-state index in [2.05, 4.69) is 14.7 Å². The van der Waals surface area contributed by atoms with E-state index in [-0.39, 0.29) is 6.73 Å². The lowest BCUT2D eigenvalue weighted by molar-refractivity contribution is 0.110. The fraction of sp³-hybridized carbons (Fsp3) is 0.200. The molecule has 0 fully saturated rings. The highest BCUT2D eigenvalue weighted by Gasteiger charge is 2.25. The molecule has 0 aromatic carbocycles. The van der Waals surface area contributed by atoms with Crippen molar-refractivity contribution < 1.29 is 32.6 Å². The molecule has 0 amide bonds. The summed E-state index contributed by atoms with van der Waals surface area (Å²) in [5, 5.41) is 4.08. The maximum Gasteiger partial charge on any atom is 0.471 e. The van der Waals surface area contributed by atoms with Crippen LogP contribution in [0.2, 0.25) is 0 Å². The fourth-order valence-electron chi connectivity index (χ4n) is 3.00. The molecular formula is C20H21N4O7P. The van der Waals surface area contributed by atoms with E-state index in [1.54, 1.807) is 49.0 Å². The summed E-state index contributed by atoms with van der Waals surface area (Å²) in [7, 11) is -4.61. The molecule has 3 aromatic rings. The van der Waals surface area contributed by atoms with Gasteiger partial charge < -0.3 is 34.1 Å². The lowest BCUT2D eigenvalue weighted by Crippen LogP contribution is -2.41. The van der Waals surface area contributed by atoms with E-state index in [0.29, 0.717) is 41.7 Å². The molecule has 168 valence electrons. The molecule has 1 aliphatic heterocycles. The highest BCUT2D eigenvalue weighted by molar-refractivity contribution is 7.46. The van der Waals surface area contributed by atoms with Gasteiger partial charge in [-0.05, 0) is 23.8 Å². The molecule has 4 rings (SSSR count). The van der Waals surface area contributed by atoms with E-state index < -0.39 is 14.0 Å². The Balaban J connectivity index is 1.36. The van der Waals surface area contributed by atoms with Crippen molar-refractivity contribution in [3.8, 4) is 5.88 Å². The second-order valence-electron chi connectivity index (χ2n) is 6.90. The first-order chi connectivity index (χ1) is 15.4. The van der Waals surface area contributed by atoms with Crippen molar-refractivity contribution in [3.05, 3.63) is 83.9 Å². The largest absolute Gasteiger partial charge is 0.471 e. The summed E-state index contributed by atoms with van der Waals surface area (Å²) in [4.78, 5) is 23.5. The summed E-state index contributed by atoms with van der Waals surface area (Å²) in [6.45, 7) is -0.0771. The molecule has 1 unspecified atom stereocenters. The van der Waals surface area contributed by atoms with Crippen LogP contribution in [0.1, 0.15) is 22.8 Å². The quantitative estimate of drug-likeness (QED) is 0.403. The number of pyridine rings is 1. The van der Waals surface area contributed by atoms with Crippen LogP contribution in [-0.4, -0.2) is 37.7 Å². The van der Waals surface area contributed by atoms with Crippen molar-refractivity contribution in [2.24, 2.45) is 5.73 Å². The van der Waals surface area contributed by atoms with Gasteiger partial charge in [-0.3, -0.25) is 4.52 Å². The predicted octanol–water partition coefficient (Wildman–Crippen LogP) is 2.40. The third-order valence-corrected chi connectivity index (χ3v) is 5.02. The summed E-state index contributed by atoms with van der Waals surface area (Å²) >= 11 is 0. The highest BCUT2D eigenvalue weighted by atomic mass is 31.2. The zero-order valence-corrected chi connectivity index (χ0v) is 17.7. The molecule has 4 heterocycles. The summed E-state index contributed by atoms with van der Waals surface area (Å²) in [5.74, 6) is 1.64. The summed E-state index contributed by atoms with van der Waals surface area (Å²) in [5.41, 5.74) is 8.36. The summed E-state index contributed by atoms with van der Waals surface area (Å²) in [6.07, 6.45) is 8.04. The average Bonchev–Trinajstić information content (AvgIpc) is 3.44. The predicted molar refractivity (Wildman–Crippen MR) is 112 cm³/mol. The van der Waals surface area contributed by atoms with Crippen molar-refractivity contribution in [2.45, 2.75) is 19.2 Å². The molecule has 0 saturated carbocycles. The Kier molecular flexibility index (Phi) is 6.54. The van der Waals surface area contributed by atoms with E-state index in [4.69, 9.17) is 29.2 Å². The Bertz CT molecular complexity index is 1140. The number of phosphoric acid groups is 1. The Labute approximate surface area is 183 Å². The van der Waals surface area contributed by atoms with Crippen LogP contribution in [0, 0.1) is 0 Å². The van der Waals surface area contributed by atoms with Gasteiger partial charge in [0.15, 0.2) is 5.76 Å². The van der Waals surface area contributed by atoms with E-state index in [1.807, 2.05) is 12.1 Å². The minimum atomic E-state index is -4.61. The zero-order valence-electron chi connectivity index (χ0n) is 16.8. The molecule has 11 nitrogen and oxygen atoms in total. The molecule has 32 heavy (non-hydrogen) atoms. The summed E-state index contributed by atoms with van der Waals surface area (Å²) in [6, 6.07) is 9.02. The molecule has 3 aromatic heterocycles. The van der Waals surface area contributed by atoms with Gasteiger partial charge in [0.2, 0.25) is 5.88 Å². The number of hydrogen-bond donors (Lipinski definition) is 3. The van der Waals surface area contributed by atoms with E-state index in [0.717, 1.165) is 5.56 Å². The van der Waals surface area contributed by atoms with E-state index >= 15 is 0 Å². The van der Waals surface area contributed by atoms with Crippen molar-refractivity contribution >= 4 is 13.4 Å². The van der Waals surface area contributed by atoms with Crippen molar-refractivity contribution in [3.63, 3.8) is 0 Å². The van der Waals surface area contributed by atoms with Crippen LogP contribution in [0.4, 0.5) is 0 Å². The standard InChI is InChI=1S/C20H21N4O7P/c21-20-17(4-1-7-24(20)13-30-32(25,26)27)18-10-15(23-31-18)9-14-5-6-19(22-11-14)29-12-16-3-2-8-28-16/h1-8,10-11,20H,9,12-13,21H2,(H2,25,26,27). The number of nitrogens with two attached hydrogens (primary N) is 1. The van der Waals surface area contributed by atoms with Gasteiger partial charge in [0.05, 0.1) is 12.0 Å². The van der Waals surface area contributed by atoms with Gasteiger partial charge in [0, 0.05) is 36.5 Å².